The van der Waals surface area contributed by atoms with Crippen molar-refractivity contribution in [3.63, 3.8) is 0 Å². The van der Waals surface area contributed by atoms with Crippen LogP contribution in [0.15, 0.2) is 12.1 Å². The van der Waals surface area contributed by atoms with Gasteiger partial charge in [0.1, 0.15) is 11.6 Å². The molecule has 0 bridgehead atoms. The highest BCUT2D eigenvalue weighted by Crippen LogP contribution is 2.17. The van der Waals surface area contributed by atoms with Crippen molar-refractivity contribution in [3.8, 4) is 0 Å². The van der Waals surface area contributed by atoms with E-state index in [2.05, 4.69) is 46.1 Å². The van der Waals surface area contributed by atoms with Gasteiger partial charge >= 0.3 is 0 Å². The van der Waals surface area contributed by atoms with E-state index in [0.717, 1.165) is 37.6 Å². The first-order valence-corrected chi connectivity index (χ1v) is 8.23. The molecule has 108 valence electrons. The second-order valence-corrected chi connectivity index (χ2v) is 7.01. The molecule has 2 aromatic heterocycles. The third kappa shape index (κ3) is 3.10. The molecule has 0 fully saturated rings. The number of fused-ring (bicyclic) bond motifs is 1. The summed E-state index contributed by atoms with van der Waals surface area (Å²) in [4.78, 5) is 2.84. The molecule has 2 aromatic rings. The third-order valence-electron chi connectivity index (χ3n) is 3.85. The van der Waals surface area contributed by atoms with Crippen molar-refractivity contribution >= 4 is 11.3 Å². The Morgan fingerprint density at radius 3 is 3.05 bits per heavy atom. The van der Waals surface area contributed by atoms with Crippen LogP contribution in [-0.4, -0.2) is 20.8 Å². The highest BCUT2D eigenvalue weighted by molar-refractivity contribution is 7.11. The summed E-state index contributed by atoms with van der Waals surface area (Å²) < 4.78 is 2.29. The molecule has 0 saturated carbocycles. The standard InChI is InChI=1S/C15H22N4S/c1-11(9-13-7-6-12(2)20-13)16-10-15-18-17-14-5-3-4-8-19(14)15/h6-7,11,16H,3-5,8-10H2,1-2H3. The van der Waals surface area contributed by atoms with Crippen LogP contribution >= 0.6 is 11.3 Å². The maximum atomic E-state index is 4.33. The minimum Gasteiger partial charge on any atom is -0.314 e. The Balaban J connectivity index is 1.55. The van der Waals surface area contributed by atoms with Gasteiger partial charge in [0.2, 0.25) is 0 Å². The third-order valence-corrected chi connectivity index (χ3v) is 4.87. The molecule has 0 aliphatic carbocycles. The van der Waals surface area contributed by atoms with Crippen molar-refractivity contribution in [1.82, 2.24) is 20.1 Å². The lowest BCUT2D eigenvalue weighted by molar-refractivity contribution is 0.478. The fourth-order valence-corrected chi connectivity index (χ4v) is 3.75. The zero-order chi connectivity index (χ0) is 13.9. The van der Waals surface area contributed by atoms with Gasteiger partial charge in [-0.3, -0.25) is 0 Å². The average molecular weight is 290 g/mol. The molecule has 5 heteroatoms. The summed E-state index contributed by atoms with van der Waals surface area (Å²) >= 11 is 1.89. The highest BCUT2D eigenvalue weighted by atomic mass is 32.1. The summed E-state index contributed by atoms with van der Waals surface area (Å²) in [6, 6.07) is 4.89. The van der Waals surface area contributed by atoms with Crippen LogP contribution in [0.5, 0.6) is 0 Å². The van der Waals surface area contributed by atoms with Gasteiger partial charge in [0.15, 0.2) is 0 Å². The molecule has 20 heavy (non-hydrogen) atoms. The molecule has 4 nitrogen and oxygen atoms in total. The molecule has 1 N–H and O–H groups in total. The van der Waals surface area contributed by atoms with Crippen LogP contribution in [0.4, 0.5) is 0 Å². The van der Waals surface area contributed by atoms with Crippen molar-refractivity contribution < 1.29 is 0 Å². The molecule has 0 amide bonds. The quantitative estimate of drug-likeness (QED) is 0.920. The average Bonchev–Trinajstić information content (AvgIpc) is 3.03. The number of rotatable bonds is 5. The summed E-state index contributed by atoms with van der Waals surface area (Å²) in [6.07, 6.45) is 4.66. The minimum atomic E-state index is 0.463. The van der Waals surface area contributed by atoms with E-state index >= 15 is 0 Å². The zero-order valence-corrected chi connectivity index (χ0v) is 13.0. The Morgan fingerprint density at radius 1 is 1.35 bits per heavy atom. The van der Waals surface area contributed by atoms with Crippen LogP contribution in [-0.2, 0) is 25.9 Å². The van der Waals surface area contributed by atoms with Gasteiger partial charge in [0.05, 0.1) is 6.54 Å². The first kappa shape index (κ1) is 13.8. The maximum Gasteiger partial charge on any atom is 0.147 e. The molecule has 1 aliphatic rings. The first-order chi connectivity index (χ1) is 9.72. The number of nitrogens with zero attached hydrogens (tertiary/aromatic N) is 3. The van der Waals surface area contributed by atoms with Crippen molar-refractivity contribution in [2.24, 2.45) is 0 Å². The van der Waals surface area contributed by atoms with Crippen molar-refractivity contribution in [1.29, 1.82) is 0 Å². The number of aromatic nitrogens is 3. The predicted molar refractivity (Wildman–Crippen MR) is 82.0 cm³/mol. The summed E-state index contributed by atoms with van der Waals surface area (Å²) in [5.74, 6) is 2.25. The highest BCUT2D eigenvalue weighted by Gasteiger charge is 2.16. The van der Waals surface area contributed by atoms with Gasteiger partial charge in [-0.25, -0.2) is 0 Å². The smallest absolute Gasteiger partial charge is 0.147 e. The molecule has 3 rings (SSSR count). The van der Waals surface area contributed by atoms with Crippen LogP contribution in [0.1, 0.15) is 41.2 Å². The molecule has 0 saturated heterocycles. The molecule has 1 aliphatic heterocycles. The van der Waals surface area contributed by atoms with Gasteiger partial charge in [-0.05, 0) is 45.2 Å². The number of nitrogens with one attached hydrogen (secondary N) is 1. The molecule has 0 radical (unpaired) electrons. The van der Waals surface area contributed by atoms with Crippen LogP contribution in [0.2, 0.25) is 0 Å². The number of hydrogen-bond donors (Lipinski definition) is 1. The minimum absolute atomic E-state index is 0.463. The number of hydrogen-bond acceptors (Lipinski definition) is 4. The van der Waals surface area contributed by atoms with Crippen molar-refractivity contribution in [3.05, 3.63) is 33.5 Å². The lowest BCUT2D eigenvalue weighted by Gasteiger charge is -2.16. The van der Waals surface area contributed by atoms with E-state index in [1.807, 2.05) is 11.3 Å². The first-order valence-electron chi connectivity index (χ1n) is 7.42. The van der Waals surface area contributed by atoms with Gasteiger partial charge in [0.25, 0.3) is 0 Å². The molecule has 1 unspecified atom stereocenters. The van der Waals surface area contributed by atoms with Gasteiger partial charge < -0.3 is 9.88 Å². The SMILES string of the molecule is Cc1ccc(CC(C)NCc2nnc3n2CCCC3)s1. The number of aryl methyl sites for hydroxylation is 2. The Bertz CT molecular complexity index is 572. The monoisotopic (exact) mass is 290 g/mol. The lowest BCUT2D eigenvalue weighted by Crippen LogP contribution is -2.29. The van der Waals surface area contributed by atoms with E-state index < -0.39 is 0 Å². The fourth-order valence-electron chi connectivity index (χ4n) is 2.73. The van der Waals surface area contributed by atoms with Gasteiger partial charge in [-0.15, -0.1) is 21.5 Å². The van der Waals surface area contributed by atoms with Crippen LogP contribution in [0.3, 0.4) is 0 Å². The predicted octanol–water partition coefficient (Wildman–Crippen LogP) is 2.71. The summed E-state index contributed by atoms with van der Waals surface area (Å²) in [5, 5.41) is 12.2. The molecular weight excluding hydrogens is 268 g/mol. The van der Waals surface area contributed by atoms with Gasteiger partial charge in [-0.2, -0.15) is 0 Å². The summed E-state index contributed by atoms with van der Waals surface area (Å²) in [7, 11) is 0. The normalized spacial score (nSPS) is 16.1. The fraction of sp³-hybridized carbons (Fsp3) is 0.600. The van der Waals surface area contributed by atoms with E-state index in [-0.39, 0.29) is 0 Å². The van der Waals surface area contributed by atoms with Crippen LogP contribution < -0.4 is 5.32 Å². The molecule has 3 heterocycles. The van der Waals surface area contributed by atoms with E-state index in [1.54, 1.807) is 0 Å². The Labute approximate surface area is 124 Å². The van der Waals surface area contributed by atoms with E-state index in [9.17, 15) is 0 Å². The van der Waals surface area contributed by atoms with Gasteiger partial charge in [-0.1, -0.05) is 0 Å². The molecule has 0 aromatic carbocycles. The summed E-state index contributed by atoms with van der Waals surface area (Å²) in [6.45, 7) is 6.30. The number of thiophene rings is 1. The lowest BCUT2D eigenvalue weighted by atomic mass is 10.1. The van der Waals surface area contributed by atoms with E-state index in [0.29, 0.717) is 6.04 Å². The maximum absolute atomic E-state index is 4.33. The second-order valence-electron chi connectivity index (χ2n) is 5.64. The molecular formula is C15H22N4S. The molecule has 1 atom stereocenters. The molecule has 0 spiro atoms. The van der Waals surface area contributed by atoms with Crippen LogP contribution in [0, 0.1) is 6.92 Å². The van der Waals surface area contributed by atoms with Crippen molar-refractivity contribution in [2.45, 2.75) is 58.7 Å². The summed E-state index contributed by atoms with van der Waals surface area (Å²) in [5.41, 5.74) is 0. The van der Waals surface area contributed by atoms with Crippen molar-refractivity contribution in [2.75, 3.05) is 0 Å². The van der Waals surface area contributed by atoms with Crippen LogP contribution in [0.25, 0.3) is 0 Å². The largest absolute Gasteiger partial charge is 0.314 e. The van der Waals surface area contributed by atoms with E-state index in [1.165, 1.54) is 22.6 Å². The Morgan fingerprint density at radius 2 is 2.25 bits per heavy atom. The second kappa shape index (κ2) is 6.06. The zero-order valence-electron chi connectivity index (χ0n) is 12.2. The van der Waals surface area contributed by atoms with E-state index in [4.69, 9.17) is 0 Å². The topological polar surface area (TPSA) is 42.7 Å². The Kier molecular flexibility index (Phi) is 4.17. The van der Waals surface area contributed by atoms with Gasteiger partial charge in [0, 0.05) is 28.8 Å². The Hall–Kier alpha value is -1.20.